The van der Waals surface area contributed by atoms with Crippen molar-refractivity contribution < 1.29 is 0 Å². The van der Waals surface area contributed by atoms with E-state index in [2.05, 4.69) is 231 Å². The number of rotatable bonds is 5. The Bertz CT molecular complexity index is 3970. The Morgan fingerprint density at radius 1 is 0.231 bits per heavy atom. The molecule has 0 radical (unpaired) electrons. The van der Waals surface area contributed by atoms with Gasteiger partial charge in [-0.1, -0.05) is 194 Å². The van der Waals surface area contributed by atoms with Crippen molar-refractivity contribution in [2.45, 2.75) is 0 Å². The van der Waals surface area contributed by atoms with Crippen molar-refractivity contribution in [2.75, 3.05) is 0 Å². The van der Waals surface area contributed by atoms with Gasteiger partial charge in [0.25, 0.3) is 0 Å². The van der Waals surface area contributed by atoms with Gasteiger partial charge in [0, 0.05) is 25.7 Å². The average Bonchev–Trinajstić information content (AvgIpc) is 3.92. The summed E-state index contributed by atoms with van der Waals surface area (Å²) < 4.78 is 2.62. The summed E-state index contributed by atoms with van der Waals surface area (Å²) in [5.74, 6) is 0. The van der Waals surface area contributed by atoms with Crippen LogP contribution in [0.3, 0.4) is 0 Å². The molecule has 0 nitrogen and oxygen atoms in total. The first-order valence-electron chi connectivity index (χ1n) is 22.5. The van der Waals surface area contributed by atoms with Gasteiger partial charge in [-0.15, -0.1) is 11.3 Å². The Hall–Kier alpha value is -8.10. The van der Waals surface area contributed by atoms with E-state index in [9.17, 15) is 0 Å². The van der Waals surface area contributed by atoms with E-state index < -0.39 is 0 Å². The highest BCUT2D eigenvalue weighted by atomic mass is 32.1. The van der Waals surface area contributed by atoms with Crippen LogP contribution in [0.1, 0.15) is 0 Å². The van der Waals surface area contributed by atoms with Crippen LogP contribution in [0.2, 0.25) is 0 Å². The summed E-state index contributed by atoms with van der Waals surface area (Å²) in [6.45, 7) is 0. The Balaban J connectivity index is 1.08. The first-order valence-corrected chi connectivity index (χ1v) is 23.3. The monoisotopic (exact) mass is 838 g/mol. The maximum absolute atomic E-state index is 2.45. The van der Waals surface area contributed by atoms with E-state index in [1.54, 1.807) is 0 Å². The summed E-state index contributed by atoms with van der Waals surface area (Å²) >= 11 is 1.91. The molecule has 1 heterocycles. The first kappa shape index (κ1) is 36.4. The quantitative estimate of drug-likeness (QED) is 0.162. The predicted octanol–water partition coefficient (Wildman–Crippen LogP) is 18.6. The Morgan fingerprint density at radius 3 is 1.38 bits per heavy atom. The third kappa shape index (κ3) is 5.56. The molecule has 0 atom stereocenters. The molecule has 0 N–H and O–H groups in total. The van der Waals surface area contributed by atoms with Gasteiger partial charge in [0.2, 0.25) is 0 Å². The van der Waals surface area contributed by atoms with Gasteiger partial charge in [-0.2, -0.15) is 0 Å². The van der Waals surface area contributed by atoms with Crippen LogP contribution >= 0.6 is 11.3 Å². The molecule has 1 aliphatic rings. The molecule has 300 valence electrons. The van der Waals surface area contributed by atoms with Gasteiger partial charge in [0.05, 0.1) is 0 Å². The second kappa shape index (κ2) is 14.2. The molecule has 1 heteroatoms. The van der Waals surface area contributed by atoms with Crippen LogP contribution in [0.5, 0.6) is 0 Å². The second-order valence-electron chi connectivity index (χ2n) is 17.5. The smallest absolute Gasteiger partial charge is 0.0434 e. The summed E-state index contributed by atoms with van der Waals surface area (Å²) in [5, 5.41) is 12.7. The lowest BCUT2D eigenvalue weighted by atomic mass is 9.82. The highest BCUT2D eigenvalue weighted by Gasteiger charge is 2.32. The number of thiophene rings is 1. The lowest BCUT2D eigenvalue weighted by Gasteiger charge is -2.21. The topological polar surface area (TPSA) is 0 Å². The number of benzene rings is 12. The van der Waals surface area contributed by atoms with E-state index in [1.165, 1.54) is 141 Å². The molecule has 1 aliphatic carbocycles. The highest BCUT2D eigenvalue weighted by molar-refractivity contribution is 7.26. The molecule has 0 spiro atoms. The van der Waals surface area contributed by atoms with Crippen LogP contribution in [0.4, 0.5) is 0 Å². The molecular weight excluding hydrogens is 801 g/mol. The molecule has 0 aliphatic heterocycles. The van der Waals surface area contributed by atoms with Crippen molar-refractivity contribution >= 4 is 74.6 Å². The van der Waals surface area contributed by atoms with Crippen molar-refractivity contribution in [3.8, 4) is 77.9 Å². The van der Waals surface area contributed by atoms with E-state index in [0.717, 1.165) is 0 Å². The average molecular weight is 839 g/mol. The van der Waals surface area contributed by atoms with Crippen molar-refractivity contribution in [3.63, 3.8) is 0 Å². The lowest BCUT2D eigenvalue weighted by molar-refractivity contribution is 1.64. The van der Waals surface area contributed by atoms with Crippen LogP contribution in [0, 0.1) is 0 Å². The number of hydrogen-bond donors (Lipinski definition) is 0. The SMILES string of the molecule is c1ccc(-c2ccc3sc4c(-c5ccc6c7c(cccc57)-c5c-6c(-c6ccc7ccccc7c6)c6ccccc6c5-c5ccc6ccccc6c5)cc(-c5ccccc5)cc4c3c2)cc1. The molecule has 12 aromatic carbocycles. The normalized spacial score (nSPS) is 12.0. The first-order chi connectivity index (χ1) is 32.2. The second-order valence-corrected chi connectivity index (χ2v) is 18.6. The van der Waals surface area contributed by atoms with E-state index in [0.29, 0.717) is 0 Å². The minimum atomic E-state index is 1.22. The number of hydrogen-bond acceptors (Lipinski definition) is 1. The molecule has 13 aromatic rings. The van der Waals surface area contributed by atoms with Crippen molar-refractivity contribution in [1.29, 1.82) is 0 Å². The summed E-state index contributed by atoms with van der Waals surface area (Å²) in [5.41, 5.74) is 17.8. The van der Waals surface area contributed by atoms with Gasteiger partial charge in [-0.05, 0) is 152 Å². The van der Waals surface area contributed by atoms with Gasteiger partial charge in [-0.25, -0.2) is 0 Å². The molecule has 0 amide bonds. The highest BCUT2D eigenvalue weighted by Crippen LogP contribution is 2.59. The lowest BCUT2D eigenvalue weighted by Crippen LogP contribution is -1.94. The number of fused-ring (bicyclic) bond motifs is 9. The van der Waals surface area contributed by atoms with Crippen LogP contribution < -0.4 is 0 Å². The van der Waals surface area contributed by atoms with Crippen molar-refractivity contribution in [2.24, 2.45) is 0 Å². The van der Waals surface area contributed by atoms with E-state index in [-0.39, 0.29) is 0 Å². The van der Waals surface area contributed by atoms with E-state index in [4.69, 9.17) is 0 Å². The Kier molecular flexibility index (Phi) is 7.95. The molecule has 0 unspecified atom stereocenters. The van der Waals surface area contributed by atoms with Gasteiger partial charge in [-0.3, -0.25) is 0 Å². The molecule has 0 fully saturated rings. The molecule has 0 saturated carbocycles. The minimum Gasteiger partial charge on any atom is -0.135 e. The zero-order valence-corrected chi connectivity index (χ0v) is 36.2. The van der Waals surface area contributed by atoms with E-state index in [1.807, 2.05) is 11.3 Å². The van der Waals surface area contributed by atoms with Gasteiger partial charge < -0.3 is 0 Å². The van der Waals surface area contributed by atoms with Crippen molar-refractivity contribution in [3.05, 3.63) is 231 Å². The Labute approximate surface area is 380 Å². The minimum absolute atomic E-state index is 1.22. The fourth-order valence-electron chi connectivity index (χ4n) is 11.0. The van der Waals surface area contributed by atoms with Crippen LogP contribution in [-0.4, -0.2) is 0 Å². The van der Waals surface area contributed by atoms with Crippen LogP contribution in [0.15, 0.2) is 231 Å². The summed E-state index contributed by atoms with van der Waals surface area (Å²) in [6.07, 6.45) is 0. The standard InChI is InChI=1S/C64H38S/c1-3-14-39(15-4-1)45-30-33-58-55(36-45)57-38-48(40-16-5-2-6-17-40)37-56(64(57)65-58)49-31-32-54-61-50(49)24-13-25-53(61)62-59(46-28-26-41-18-7-9-20-43(41)34-46)51-22-11-12-23-52(51)60(63(54)62)47-29-27-42-19-8-10-21-44(42)35-47/h1-38H. The fourth-order valence-corrected chi connectivity index (χ4v) is 12.2. The summed E-state index contributed by atoms with van der Waals surface area (Å²) in [7, 11) is 0. The van der Waals surface area contributed by atoms with Crippen molar-refractivity contribution in [1.82, 2.24) is 0 Å². The zero-order valence-electron chi connectivity index (χ0n) is 35.3. The van der Waals surface area contributed by atoms with Gasteiger partial charge >= 0.3 is 0 Å². The van der Waals surface area contributed by atoms with Crippen LogP contribution in [-0.2, 0) is 0 Å². The molecule has 0 bridgehead atoms. The Morgan fingerprint density at radius 2 is 0.738 bits per heavy atom. The molecule has 0 saturated heterocycles. The molecule has 65 heavy (non-hydrogen) atoms. The molecular formula is C64H38S. The third-order valence-electron chi connectivity index (χ3n) is 13.9. The van der Waals surface area contributed by atoms with Crippen LogP contribution in [0.25, 0.3) is 141 Å². The predicted molar refractivity (Wildman–Crippen MR) is 281 cm³/mol. The van der Waals surface area contributed by atoms with E-state index >= 15 is 0 Å². The third-order valence-corrected chi connectivity index (χ3v) is 15.2. The maximum atomic E-state index is 2.45. The maximum Gasteiger partial charge on any atom is 0.0434 e. The molecule has 1 aromatic heterocycles. The zero-order chi connectivity index (χ0) is 42.6. The summed E-state index contributed by atoms with van der Waals surface area (Å²) in [6, 6.07) is 86.1. The fraction of sp³-hybridized carbons (Fsp3) is 0. The summed E-state index contributed by atoms with van der Waals surface area (Å²) in [4.78, 5) is 0. The van der Waals surface area contributed by atoms with Gasteiger partial charge in [0.1, 0.15) is 0 Å². The molecule has 14 rings (SSSR count). The largest absolute Gasteiger partial charge is 0.135 e. The van der Waals surface area contributed by atoms with Gasteiger partial charge in [0.15, 0.2) is 0 Å².